The Balaban J connectivity index is 1.31. The summed E-state index contributed by atoms with van der Waals surface area (Å²) in [6.45, 7) is 12.5. The van der Waals surface area contributed by atoms with Crippen molar-refractivity contribution in [3.8, 4) is 0 Å². The highest BCUT2D eigenvalue weighted by atomic mass is 16.2. The molecule has 0 aliphatic carbocycles. The molecule has 2 aliphatic heterocycles. The van der Waals surface area contributed by atoms with Gasteiger partial charge >= 0.3 is 0 Å². The van der Waals surface area contributed by atoms with Crippen LogP contribution in [0.1, 0.15) is 78.4 Å². The number of rotatable bonds is 6. The third-order valence-electron chi connectivity index (χ3n) is 7.74. The fraction of sp³-hybridized carbons (Fsp3) is 0.471. The van der Waals surface area contributed by atoms with Crippen LogP contribution in [-0.2, 0) is 19.2 Å². The zero-order valence-corrected chi connectivity index (χ0v) is 25.7. The van der Waals surface area contributed by atoms with Crippen molar-refractivity contribution < 1.29 is 19.2 Å². The van der Waals surface area contributed by atoms with Gasteiger partial charge < -0.3 is 20.4 Å². The third kappa shape index (κ3) is 7.46. The number of likely N-dealkylation sites (tertiary alicyclic amines) is 2. The fourth-order valence-corrected chi connectivity index (χ4v) is 5.43. The maximum Gasteiger partial charge on any atom is 0.247 e. The Morgan fingerprint density at radius 1 is 0.619 bits per heavy atom. The van der Waals surface area contributed by atoms with Gasteiger partial charge in [0, 0.05) is 35.3 Å². The van der Waals surface area contributed by atoms with Gasteiger partial charge in [-0.1, -0.05) is 78.0 Å². The molecule has 2 atom stereocenters. The Kier molecular flexibility index (Phi) is 9.24. The van der Waals surface area contributed by atoms with Gasteiger partial charge in [-0.3, -0.25) is 19.2 Å². The van der Waals surface area contributed by atoms with Crippen LogP contribution in [-0.4, -0.2) is 58.6 Å². The fourth-order valence-electron chi connectivity index (χ4n) is 5.43. The molecule has 224 valence electrons. The van der Waals surface area contributed by atoms with Gasteiger partial charge in [0.1, 0.15) is 12.1 Å². The summed E-state index contributed by atoms with van der Waals surface area (Å²) in [4.78, 5) is 54.8. The molecule has 0 bridgehead atoms. The molecule has 0 aromatic heterocycles. The number of benzene rings is 2. The minimum Gasteiger partial charge on any atom is -0.330 e. The van der Waals surface area contributed by atoms with Crippen LogP contribution >= 0.6 is 0 Å². The topological polar surface area (TPSA) is 98.8 Å². The first-order valence-corrected chi connectivity index (χ1v) is 14.9. The molecule has 2 aromatic carbocycles. The number of carbonyl (C=O) groups excluding carboxylic acids is 4. The molecule has 8 nitrogen and oxygen atoms in total. The number of hydrogen-bond acceptors (Lipinski definition) is 4. The number of nitrogens with one attached hydrogen (secondary N) is 2. The van der Waals surface area contributed by atoms with E-state index in [0.29, 0.717) is 37.3 Å². The van der Waals surface area contributed by atoms with Crippen LogP contribution in [0.3, 0.4) is 0 Å². The third-order valence-corrected chi connectivity index (χ3v) is 7.74. The zero-order valence-electron chi connectivity index (χ0n) is 25.7. The average Bonchev–Trinajstić information content (AvgIpc) is 3.62. The lowest BCUT2D eigenvalue weighted by molar-refractivity contribution is -0.143. The predicted octanol–water partition coefficient (Wildman–Crippen LogP) is 5.81. The first-order chi connectivity index (χ1) is 19.7. The second-order valence-corrected chi connectivity index (χ2v) is 13.4. The first kappa shape index (κ1) is 31.0. The zero-order chi connectivity index (χ0) is 30.7. The summed E-state index contributed by atoms with van der Waals surface area (Å²) in [6, 6.07) is 14.3. The molecule has 0 unspecified atom stereocenters. The van der Waals surface area contributed by atoms with Gasteiger partial charge in [-0.15, -0.1) is 0 Å². The van der Waals surface area contributed by atoms with Crippen molar-refractivity contribution in [1.29, 1.82) is 0 Å². The highest BCUT2D eigenvalue weighted by molar-refractivity contribution is 5.99. The maximum absolute atomic E-state index is 12.9. The molecule has 0 spiro atoms. The molecule has 8 heteroatoms. The Morgan fingerprint density at radius 2 is 0.952 bits per heavy atom. The van der Waals surface area contributed by atoms with Crippen LogP contribution in [0.2, 0.25) is 0 Å². The standard InChI is InChI=1S/C34H44N4O4/c1-33(2,3)31(41)37-21-7-9-27(37)29(39)35-25-17-13-23(14-18-25)11-12-24-15-19-26(20-16-24)36-30(40)28-10-8-22-38(28)32(42)34(4,5)6/h11-20,27-28H,7-10,21-22H2,1-6H3,(H,35,39)(H,36,40)/t27-,28-/m0/s1. The van der Waals surface area contributed by atoms with E-state index in [4.69, 9.17) is 0 Å². The summed E-state index contributed by atoms with van der Waals surface area (Å²) < 4.78 is 0. The van der Waals surface area contributed by atoms with Crippen LogP contribution in [0.15, 0.2) is 48.5 Å². The predicted molar refractivity (Wildman–Crippen MR) is 167 cm³/mol. The summed E-state index contributed by atoms with van der Waals surface area (Å²) in [5.41, 5.74) is 2.29. The minimum atomic E-state index is -0.518. The van der Waals surface area contributed by atoms with E-state index in [1.165, 1.54) is 0 Å². The van der Waals surface area contributed by atoms with Crippen molar-refractivity contribution in [1.82, 2.24) is 9.80 Å². The summed E-state index contributed by atoms with van der Waals surface area (Å²) in [5.74, 6) is -0.294. The van der Waals surface area contributed by atoms with E-state index in [9.17, 15) is 19.2 Å². The van der Waals surface area contributed by atoms with Gasteiger partial charge in [0.05, 0.1) is 0 Å². The Morgan fingerprint density at radius 3 is 1.26 bits per heavy atom. The molecule has 2 heterocycles. The largest absolute Gasteiger partial charge is 0.330 e. The molecule has 0 saturated carbocycles. The quantitative estimate of drug-likeness (QED) is 0.427. The van der Waals surface area contributed by atoms with Crippen molar-refractivity contribution in [3.63, 3.8) is 0 Å². The molecule has 0 radical (unpaired) electrons. The Hall–Kier alpha value is -3.94. The minimum absolute atomic E-state index is 0.00379. The van der Waals surface area contributed by atoms with Gasteiger partial charge in [0.25, 0.3) is 0 Å². The van der Waals surface area contributed by atoms with Crippen LogP contribution in [0.4, 0.5) is 11.4 Å². The second-order valence-electron chi connectivity index (χ2n) is 13.4. The van der Waals surface area contributed by atoms with E-state index >= 15 is 0 Å². The van der Waals surface area contributed by atoms with Crippen molar-refractivity contribution >= 4 is 47.2 Å². The van der Waals surface area contributed by atoms with E-state index in [1.807, 2.05) is 102 Å². The lowest BCUT2D eigenvalue weighted by Crippen LogP contribution is -2.47. The van der Waals surface area contributed by atoms with E-state index in [2.05, 4.69) is 10.6 Å². The van der Waals surface area contributed by atoms with Crippen molar-refractivity contribution in [2.75, 3.05) is 23.7 Å². The van der Waals surface area contributed by atoms with Gasteiger partial charge in [0.2, 0.25) is 23.6 Å². The number of nitrogens with zero attached hydrogens (tertiary/aromatic N) is 2. The van der Waals surface area contributed by atoms with Crippen LogP contribution in [0, 0.1) is 10.8 Å². The van der Waals surface area contributed by atoms with Crippen molar-refractivity contribution in [3.05, 3.63) is 59.7 Å². The highest BCUT2D eigenvalue weighted by Gasteiger charge is 2.39. The number of anilines is 2. The molecular weight excluding hydrogens is 528 g/mol. The summed E-state index contributed by atoms with van der Waals surface area (Å²) in [7, 11) is 0. The lowest BCUT2D eigenvalue weighted by atomic mass is 9.94. The summed E-state index contributed by atoms with van der Waals surface area (Å²) >= 11 is 0. The van der Waals surface area contributed by atoms with E-state index < -0.39 is 22.9 Å². The summed E-state index contributed by atoms with van der Waals surface area (Å²) in [5, 5.41) is 5.93. The number of amides is 4. The second kappa shape index (κ2) is 12.5. The summed E-state index contributed by atoms with van der Waals surface area (Å²) in [6.07, 6.45) is 6.96. The normalized spacial score (nSPS) is 19.3. The van der Waals surface area contributed by atoms with Crippen LogP contribution < -0.4 is 10.6 Å². The van der Waals surface area contributed by atoms with E-state index in [1.54, 1.807) is 9.80 Å². The molecule has 2 fully saturated rings. The molecule has 2 aromatic rings. The van der Waals surface area contributed by atoms with Crippen molar-refractivity contribution in [2.24, 2.45) is 10.8 Å². The Bertz CT molecular complexity index is 1230. The number of hydrogen-bond donors (Lipinski definition) is 2. The van der Waals surface area contributed by atoms with E-state index in [-0.39, 0.29) is 23.6 Å². The lowest BCUT2D eigenvalue weighted by Gasteiger charge is -2.30. The van der Waals surface area contributed by atoms with Crippen LogP contribution in [0.5, 0.6) is 0 Å². The monoisotopic (exact) mass is 572 g/mol. The highest BCUT2D eigenvalue weighted by Crippen LogP contribution is 2.28. The van der Waals surface area contributed by atoms with Gasteiger partial charge in [-0.05, 0) is 61.1 Å². The van der Waals surface area contributed by atoms with E-state index in [0.717, 1.165) is 24.0 Å². The maximum atomic E-state index is 12.9. The van der Waals surface area contributed by atoms with Gasteiger partial charge in [0.15, 0.2) is 0 Å². The van der Waals surface area contributed by atoms with Crippen LogP contribution in [0.25, 0.3) is 12.2 Å². The molecule has 4 amide bonds. The molecular formula is C34H44N4O4. The van der Waals surface area contributed by atoms with Gasteiger partial charge in [-0.2, -0.15) is 0 Å². The van der Waals surface area contributed by atoms with Crippen molar-refractivity contribution in [2.45, 2.75) is 79.3 Å². The molecule has 2 N–H and O–H groups in total. The SMILES string of the molecule is CC(C)(C)C(=O)N1CCC[C@H]1C(=O)Nc1ccc(C=Cc2ccc(NC(=O)[C@@H]3CCCN3C(=O)C(C)(C)C)cc2)cc1. The first-order valence-electron chi connectivity index (χ1n) is 14.9. The number of carbonyl (C=O) groups is 4. The van der Waals surface area contributed by atoms with Gasteiger partial charge in [-0.25, -0.2) is 0 Å². The average molecular weight is 573 g/mol. The smallest absolute Gasteiger partial charge is 0.247 e. The molecule has 42 heavy (non-hydrogen) atoms. The molecule has 2 saturated heterocycles. The Labute approximate surface area is 249 Å². The molecule has 4 rings (SSSR count). The molecule has 2 aliphatic rings.